The minimum atomic E-state index is -0.166. The van der Waals surface area contributed by atoms with E-state index >= 15 is 0 Å². The monoisotopic (exact) mass is 379 g/mol. The van der Waals surface area contributed by atoms with Gasteiger partial charge in [-0.1, -0.05) is 35.9 Å². The second-order valence-electron chi connectivity index (χ2n) is 7.84. The molecule has 5 nitrogen and oxygen atoms in total. The van der Waals surface area contributed by atoms with Crippen LogP contribution < -0.4 is 11.5 Å². The van der Waals surface area contributed by atoms with Crippen molar-refractivity contribution in [1.82, 2.24) is 0 Å². The fourth-order valence-electron chi connectivity index (χ4n) is 3.94. The number of carbonyl (C=O) groups excluding carboxylic acids is 1. The molecule has 0 atom stereocenters. The van der Waals surface area contributed by atoms with Crippen molar-refractivity contribution in [3.8, 4) is 11.1 Å². The third kappa shape index (κ3) is 5.20. The van der Waals surface area contributed by atoms with E-state index < -0.39 is 0 Å². The molecule has 3 rings (SSSR count). The third-order valence-corrected chi connectivity index (χ3v) is 5.52. The van der Waals surface area contributed by atoms with E-state index in [9.17, 15) is 4.79 Å². The lowest BCUT2D eigenvalue weighted by molar-refractivity contribution is -0.123. The van der Waals surface area contributed by atoms with Gasteiger partial charge in [-0.15, -0.1) is 0 Å². The van der Waals surface area contributed by atoms with Crippen molar-refractivity contribution in [2.45, 2.75) is 39.2 Å². The molecule has 1 aliphatic carbocycles. The van der Waals surface area contributed by atoms with Gasteiger partial charge in [0.2, 0.25) is 5.91 Å². The quantitative estimate of drug-likeness (QED) is 0.504. The van der Waals surface area contributed by atoms with Gasteiger partial charge in [0.1, 0.15) is 5.84 Å². The summed E-state index contributed by atoms with van der Waals surface area (Å²) in [5.41, 5.74) is 16.2. The largest absolute Gasteiger partial charge is 0.384 e. The van der Waals surface area contributed by atoms with Gasteiger partial charge in [0, 0.05) is 18.1 Å². The molecule has 0 saturated heterocycles. The maximum absolute atomic E-state index is 11.3. The van der Waals surface area contributed by atoms with E-state index in [-0.39, 0.29) is 17.7 Å². The molecule has 0 unspecified atom stereocenters. The van der Waals surface area contributed by atoms with Crippen LogP contribution in [0.25, 0.3) is 11.1 Å². The summed E-state index contributed by atoms with van der Waals surface area (Å²) in [4.78, 5) is 11.3. The topological polar surface area (TPSA) is 102 Å². The Kier molecular flexibility index (Phi) is 6.47. The van der Waals surface area contributed by atoms with Gasteiger partial charge >= 0.3 is 0 Å². The highest BCUT2D eigenvalue weighted by Crippen LogP contribution is 2.29. The number of primary amides is 1. The maximum Gasteiger partial charge on any atom is 0.220 e. The van der Waals surface area contributed by atoms with Gasteiger partial charge < -0.3 is 16.2 Å². The van der Waals surface area contributed by atoms with Crippen LogP contribution in [0.4, 0.5) is 0 Å². The number of nitrogens with two attached hydrogens (primary N) is 2. The van der Waals surface area contributed by atoms with Gasteiger partial charge in [-0.05, 0) is 67.3 Å². The Bertz CT molecular complexity index is 855. The number of nitrogen functional groups attached to an aromatic ring is 1. The Morgan fingerprint density at radius 1 is 1.07 bits per heavy atom. The van der Waals surface area contributed by atoms with Gasteiger partial charge in [-0.3, -0.25) is 10.2 Å². The number of aryl methyl sites for hydroxylation is 1. The summed E-state index contributed by atoms with van der Waals surface area (Å²) in [6.07, 6.45) is 3.77. The van der Waals surface area contributed by atoms with Crippen molar-refractivity contribution in [3.63, 3.8) is 0 Å². The Balaban J connectivity index is 1.60. The highest BCUT2D eigenvalue weighted by molar-refractivity contribution is 5.96. The molecular weight excluding hydrogens is 350 g/mol. The van der Waals surface area contributed by atoms with Crippen LogP contribution in [0.3, 0.4) is 0 Å². The number of nitrogens with one attached hydrogen (secondary N) is 1. The minimum Gasteiger partial charge on any atom is -0.384 e. The third-order valence-electron chi connectivity index (χ3n) is 5.52. The lowest BCUT2D eigenvalue weighted by Gasteiger charge is -2.26. The zero-order valence-corrected chi connectivity index (χ0v) is 16.4. The van der Waals surface area contributed by atoms with E-state index in [1.54, 1.807) is 0 Å². The number of carbonyl (C=O) groups is 1. The Morgan fingerprint density at radius 3 is 2.50 bits per heavy atom. The Morgan fingerprint density at radius 2 is 1.82 bits per heavy atom. The molecule has 5 N–H and O–H groups in total. The Hall–Kier alpha value is -2.66. The van der Waals surface area contributed by atoms with Gasteiger partial charge in [0.15, 0.2) is 0 Å². The molecular formula is C23H29N3O2. The number of rotatable bonds is 7. The average Bonchev–Trinajstić information content (AvgIpc) is 2.68. The second kappa shape index (κ2) is 9.02. The van der Waals surface area contributed by atoms with Crippen LogP contribution in [0.1, 0.15) is 42.4 Å². The molecule has 0 spiro atoms. The van der Waals surface area contributed by atoms with Gasteiger partial charge in [-0.25, -0.2) is 0 Å². The van der Waals surface area contributed by atoms with E-state index in [2.05, 4.69) is 25.1 Å². The van der Waals surface area contributed by atoms with Gasteiger partial charge in [-0.2, -0.15) is 0 Å². The molecule has 1 amide bonds. The maximum atomic E-state index is 11.3. The summed E-state index contributed by atoms with van der Waals surface area (Å²) in [7, 11) is 0. The van der Waals surface area contributed by atoms with E-state index in [1.165, 1.54) is 5.56 Å². The molecule has 0 radical (unpaired) electrons. The fraction of sp³-hybridized carbons (Fsp3) is 0.391. The normalized spacial score (nSPS) is 19.3. The van der Waals surface area contributed by atoms with E-state index in [0.717, 1.165) is 47.9 Å². The first-order chi connectivity index (χ1) is 13.4. The van der Waals surface area contributed by atoms with Crippen LogP contribution in [-0.4, -0.2) is 18.3 Å². The average molecular weight is 380 g/mol. The fourth-order valence-corrected chi connectivity index (χ4v) is 3.94. The first kappa shape index (κ1) is 20.1. The first-order valence-corrected chi connectivity index (χ1v) is 9.85. The van der Waals surface area contributed by atoms with E-state index in [4.69, 9.17) is 21.6 Å². The number of ether oxygens (including phenoxy) is 1. The molecule has 2 aromatic carbocycles. The van der Waals surface area contributed by atoms with Crippen LogP contribution in [0.2, 0.25) is 0 Å². The molecule has 1 saturated carbocycles. The zero-order valence-electron chi connectivity index (χ0n) is 16.4. The predicted molar refractivity (Wildman–Crippen MR) is 112 cm³/mol. The van der Waals surface area contributed by atoms with Gasteiger partial charge in [0.05, 0.1) is 6.61 Å². The van der Waals surface area contributed by atoms with Crippen LogP contribution >= 0.6 is 0 Å². The number of hydrogen-bond acceptors (Lipinski definition) is 3. The molecule has 0 heterocycles. The number of hydrogen-bond donors (Lipinski definition) is 3. The molecule has 1 fully saturated rings. The molecule has 28 heavy (non-hydrogen) atoms. The van der Waals surface area contributed by atoms with Crippen LogP contribution in [-0.2, 0) is 16.1 Å². The summed E-state index contributed by atoms with van der Waals surface area (Å²) >= 11 is 0. The Labute approximate surface area is 166 Å². The predicted octanol–water partition coefficient (Wildman–Crippen LogP) is 3.75. The lowest BCUT2D eigenvalue weighted by Crippen LogP contribution is -2.28. The van der Waals surface area contributed by atoms with E-state index in [1.807, 2.05) is 24.3 Å². The second-order valence-corrected chi connectivity index (χ2v) is 7.84. The summed E-state index contributed by atoms with van der Waals surface area (Å²) in [5, 5.41) is 7.64. The number of benzene rings is 2. The van der Waals surface area contributed by atoms with Gasteiger partial charge in [0.25, 0.3) is 0 Å². The van der Waals surface area contributed by atoms with Crippen LogP contribution in [0.15, 0.2) is 42.5 Å². The molecule has 0 aromatic heterocycles. The number of amidine groups is 1. The smallest absolute Gasteiger partial charge is 0.220 e. The van der Waals surface area contributed by atoms with Crippen molar-refractivity contribution in [2.75, 3.05) is 6.61 Å². The molecule has 1 aliphatic rings. The molecule has 0 aliphatic heterocycles. The van der Waals surface area contributed by atoms with E-state index in [0.29, 0.717) is 19.1 Å². The molecule has 5 heteroatoms. The first-order valence-electron chi connectivity index (χ1n) is 9.85. The summed E-state index contributed by atoms with van der Waals surface area (Å²) in [5.74, 6) is 0.457. The lowest BCUT2D eigenvalue weighted by atomic mass is 9.82. The summed E-state index contributed by atoms with van der Waals surface area (Å²) < 4.78 is 5.99. The van der Waals surface area contributed by atoms with Crippen molar-refractivity contribution >= 4 is 11.7 Å². The van der Waals surface area contributed by atoms with Crippen molar-refractivity contribution in [2.24, 2.45) is 23.3 Å². The standard InChI is InChI=1S/C23H29N3O2/c1-15-9-17(14-28-13-16-5-7-18(8-6-16)23(26)27)11-21(10-15)19-3-2-4-20(12-19)22(24)25/h2-4,9-12,16,18H,5-8,13-14H2,1H3,(H3,24,25)(H2,26,27). The van der Waals surface area contributed by atoms with Crippen LogP contribution in [0, 0.1) is 24.2 Å². The zero-order chi connectivity index (χ0) is 20.1. The van der Waals surface area contributed by atoms with Crippen molar-refractivity contribution in [3.05, 3.63) is 59.2 Å². The van der Waals surface area contributed by atoms with Crippen molar-refractivity contribution < 1.29 is 9.53 Å². The van der Waals surface area contributed by atoms with Crippen LogP contribution in [0.5, 0.6) is 0 Å². The SMILES string of the molecule is Cc1cc(COCC2CCC(C(N)=O)CC2)cc(-c2cccc(C(=N)N)c2)c1. The molecule has 2 aromatic rings. The van der Waals surface area contributed by atoms with Crippen molar-refractivity contribution in [1.29, 1.82) is 5.41 Å². The minimum absolute atomic E-state index is 0.0429. The molecule has 148 valence electrons. The number of amides is 1. The summed E-state index contributed by atoms with van der Waals surface area (Å²) in [6.45, 7) is 3.36. The molecule has 0 bridgehead atoms. The highest BCUT2D eigenvalue weighted by atomic mass is 16.5. The summed E-state index contributed by atoms with van der Waals surface area (Å²) in [6, 6.07) is 14.2. The highest BCUT2D eigenvalue weighted by Gasteiger charge is 2.24.